The Labute approximate surface area is 128 Å². The Morgan fingerprint density at radius 1 is 1.33 bits per heavy atom. The first kappa shape index (κ1) is 14.6. The predicted octanol–water partition coefficient (Wildman–Crippen LogP) is 1.97. The van der Waals surface area contributed by atoms with E-state index < -0.39 is 0 Å². The Morgan fingerprint density at radius 2 is 2.14 bits per heavy atom. The number of hydrogen-bond acceptors (Lipinski definition) is 7. The standard InChI is InChI=1S/C14H21N5OS/c1-3-13-16-14(20-17-13)11(2)19-6-4-18(5-7-19)8-12-9-21-10-15-12/h9-11H,3-8H2,1-2H3/t11-/m1/s1. The van der Waals surface area contributed by atoms with Crippen molar-refractivity contribution in [2.75, 3.05) is 26.2 Å². The van der Waals surface area contributed by atoms with E-state index in [4.69, 9.17) is 4.52 Å². The molecule has 0 unspecified atom stereocenters. The van der Waals surface area contributed by atoms with E-state index in [1.807, 2.05) is 12.4 Å². The Bertz CT molecular complexity index is 547. The number of nitrogens with zero attached hydrogens (tertiary/aromatic N) is 5. The van der Waals surface area contributed by atoms with Gasteiger partial charge < -0.3 is 4.52 Å². The summed E-state index contributed by atoms with van der Waals surface area (Å²) in [5.74, 6) is 1.53. The molecule has 21 heavy (non-hydrogen) atoms. The van der Waals surface area contributed by atoms with Crippen LogP contribution in [0.1, 0.15) is 37.3 Å². The fourth-order valence-corrected chi connectivity index (χ4v) is 3.14. The topological polar surface area (TPSA) is 58.3 Å². The van der Waals surface area contributed by atoms with Gasteiger partial charge in [-0.05, 0) is 6.92 Å². The van der Waals surface area contributed by atoms with Crippen LogP contribution in [0.5, 0.6) is 0 Å². The van der Waals surface area contributed by atoms with E-state index in [0.717, 1.165) is 50.9 Å². The number of rotatable bonds is 5. The van der Waals surface area contributed by atoms with Crippen LogP contribution in [0.15, 0.2) is 15.4 Å². The van der Waals surface area contributed by atoms with Gasteiger partial charge in [0.1, 0.15) is 0 Å². The maximum atomic E-state index is 5.36. The molecule has 0 aromatic carbocycles. The van der Waals surface area contributed by atoms with Gasteiger partial charge in [-0.2, -0.15) is 4.98 Å². The molecular weight excluding hydrogens is 286 g/mol. The molecule has 0 bridgehead atoms. The quantitative estimate of drug-likeness (QED) is 0.842. The Balaban J connectivity index is 1.52. The van der Waals surface area contributed by atoms with E-state index in [1.165, 1.54) is 5.69 Å². The molecular formula is C14H21N5OS. The third kappa shape index (κ3) is 3.48. The van der Waals surface area contributed by atoms with Crippen LogP contribution in [0.2, 0.25) is 0 Å². The van der Waals surface area contributed by atoms with Crippen LogP contribution in [0.25, 0.3) is 0 Å². The lowest BCUT2D eigenvalue weighted by Gasteiger charge is -2.36. The van der Waals surface area contributed by atoms with Gasteiger partial charge in [0, 0.05) is 44.5 Å². The minimum Gasteiger partial charge on any atom is -0.338 e. The van der Waals surface area contributed by atoms with Gasteiger partial charge in [-0.15, -0.1) is 11.3 Å². The second-order valence-corrected chi connectivity index (χ2v) is 6.09. The molecule has 0 aliphatic carbocycles. The fourth-order valence-electron chi connectivity index (χ4n) is 2.59. The normalized spacial score (nSPS) is 19.0. The first-order valence-electron chi connectivity index (χ1n) is 7.42. The van der Waals surface area contributed by atoms with Crippen molar-refractivity contribution in [3.05, 3.63) is 28.3 Å². The van der Waals surface area contributed by atoms with E-state index in [2.05, 4.69) is 37.2 Å². The largest absolute Gasteiger partial charge is 0.338 e. The Kier molecular flexibility index (Phi) is 4.62. The van der Waals surface area contributed by atoms with Gasteiger partial charge in [0.2, 0.25) is 5.89 Å². The van der Waals surface area contributed by atoms with Crippen molar-refractivity contribution < 1.29 is 4.52 Å². The number of aryl methyl sites for hydroxylation is 1. The van der Waals surface area contributed by atoms with Gasteiger partial charge in [0.15, 0.2) is 5.82 Å². The Morgan fingerprint density at radius 3 is 2.76 bits per heavy atom. The zero-order valence-electron chi connectivity index (χ0n) is 12.5. The minimum atomic E-state index is 0.194. The van der Waals surface area contributed by atoms with Crippen LogP contribution < -0.4 is 0 Å². The summed E-state index contributed by atoms with van der Waals surface area (Å²) < 4.78 is 5.36. The van der Waals surface area contributed by atoms with Crippen molar-refractivity contribution >= 4 is 11.3 Å². The molecule has 1 aliphatic heterocycles. The van der Waals surface area contributed by atoms with E-state index in [-0.39, 0.29) is 6.04 Å². The number of thiazole rings is 1. The average Bonchev–Trinajstić information content (AvgIpc) is 3.18. The second-order valence-electron chi connectivity index (χ2n) is 5.37. The second kappa shape index (κ2) is 6.64. The maximum Gasteiger partial charge on any atom is 0.243 e. The summed E-state index contributed by atoms with van der Waals surface area (Å²) in [4.78, 5) is 13.7. The van der Waals surface area contributed by atoms with Gasteiger partial charge in [0.25, 0.3) is 0 Å². The van der Waals surface area contributed by atoms with E-state index in [0.29, 0.717) is 0 Å². The summed E-state index contributed by atoms with van der Waals surface area (Å²) in [5, 5.41) is 6.11. The van der Waals surface area contributed by atoms with Crippen LogP contribution >= 0.6 is 11.3 Å². The number of aromatic nitrogens is 3. The molecule has 3 rings (SSSR count). The van der Waals surface area contributed by atoms with Gasteiger partial charge >= 0.3 is 0 Å². The van der Waals surface area contributed by atoms with E-state index in [1.54, 1.807) is 11.3 Å². The van der Waals surface area contributed by atoms with Crippen LogP contribution in [0, 0.1) is 0 Å². The molecule has 1 aliphatic rings. The van der Waals surface area contributed by atoms with Gasteiger partial charge in [-0.3, -0.25) is 9.80 Å². The zero-order chi connectivity index (χ0) is 14.7. The van der Waals surface area contributed by atoms with Gasteiger partial charge in [-0.25, -0.2) is 4.98 Å². The van der Waals surface area contributed by atoms with E-state index >= 15 is 0 Å². The first-order valence-corrected chi connectivity index (χ1v) is 8.36. The van der Waals surface area contributed by atoms with Crippen molar-refractivity contribution in [1.82, 2.24) is 24.9 Å². The van der Waals surface area contributed by atoms with Crippen LogP contribution in [0.3, 0.4) is 0 Å². The summed E-state index contributed by atoms with van der Waals surface area (Å²) >= 11 is 1.66. The van der Waals surface area contributed by atoms with Crippen molar-refractivity contribution in [3.8, 4) is 0 Å². The molecule has 0 amide bonds. The molecule has 7 heteroatoms. The molecule has 1 atom stereocenters. The molecule has 2 aromatic rings. The molecule has 114 valence electrons. The predicted molar refractivity (Wildman–Crippen MR) is 81.1 cm³/mol. The lowest BCUT2D eigenvalue weighted by Crippen LogP contribution is -2.46. The Hall–Kier alpha value is -1.31. The summed E-state index contributed by atoms with van der Waals surface area (Å²) in [7, 11) is 0. The van der Waals surface area contributed by atoms with Crippen molar-refractivity contribution in [2.24, 2.45) is 0 Å². The third-order valence-corrected chi connectivity index (χ3v) is 4.62. The van der Waals surface area contributed by atoms with Crippen molar-refractivity contribution in [2.45, 2.75) is 32.9 Å². The lowest BCUT2D eigenvalue weighted by atomic mass is 10.2. The summed E-state index contributed by atoms with van der Waals surface area (Å²) in [6, 6.07) is 0.194. The van der Waals surface area contributed by atoms with Crippen LogP contribution in [0.4, 0.5) is 0 Å². The molecule has 6 nitrogen and oxygen atoms in total. The molecule has 0 radical (unpaired) electrons. The molecule has 0 N–H and O–H groups in total. The van der Waals surface area contributed by atoms with Gasteiger partial charge in [0.05, 0.1) is 17.2 Å². The van der Waals surface area contributed by atoms with E-state index in [9.17, 15) is 0 Å². The van der Waals surface area contributed by atoms with Crippen LogP contribution in [-0.2, 0) is 13.0 Å². The lowest BCUT2D eigenvalue weighted by molar-refractivity contribution is 0.0839. The third-order valence-electron chi connectivity index (χ3n) is 3.98. The number of piperazine rings is 1. The highest BCUT2D eigenvalue weighted by Gasteiger charge is 2.25. The van der Waals surface area contributed by atoms with Gasteiger partial charge in [-0.1, -0.05) is 12.1 Å². The van der Waals surface area contributed by atoms with Crippen LogP contribution in [-0.4, -0.2) is 51.1 Å². The molecule has 2 aromatic heterocycles. The van der Waals surface area contributed by atoms with Crippen molar-refractivity contribution in [3.63, 3.8) is 0 Å². The minimum absolute atomic E-state index is 0.194. The summed E-state index contributed by atoms with van der Waals surface area (Å²) in [6.45, 7) is 9.28. The molecule has 0 spiro atoms. The highest BCUT2D eigenvalue weighted by Crippen LogP contribution is 2.20. The smallest absolute Gasteiger partial charge is 0.243 e. The highest BCUT2D eigenvalue weighted by atomic mass is 32.1. The summed E-state index contributed by atoms with van der Waals surface area (Å²) in [6.07, 6.45) is 0.817. The zero-order valence-corrected chi connectivity index (χ0v) is 13.3. The molecule has 3 heterocycles. The SMILES string of the molecule is CCc1noc([C@@H](C)N2CCN(Cc3cscn3)CC2)n1. The molecule has 1 saturated heterocycles. The number of hydrogen-bond donors (Lipinski definition) is 0. The first-order chi connectivity index (χ1) is 10.3. The average molecular weight is 307 g/mol. The van der Waals surface area contributed by atoms with Crippen molar-refractivity contribution in [1.29, 1.82) is 0 Å². The maximum absolute atomic E-state index is 5.36. The summed E-state index contributed by atoms with van der Waals surface area (Å²) in [5.41, 5.74) is 3.07. The fraction of sp³-hybridized carbons (Fsp3) is 0.643. The highest BCUT2D eigenvalue weighted by molar-refractivity contribution is 7.07. The monoisotopic (exact) mass is 307 g/mol. The molecule has 1 fully saturated rings. The molecule has 0 saturated carbocycles.